The van der Waals surface area contributed by atoms with E-state index in [2.05, 4.69) is 174 Å². The van der Waals surface area contributed by atoms with Gasteiger partial charge >= 0.3 is 0 Å². The van der Waals surface area contributed by atoms with E-state index in [4.69, 9.17) is 4.98 Å². The van der Waals surface area contributed by atoms with Crippen molar-refractivity contribution in [1.82, 2.24) is 14.0 Å². The van der Waals surface area contributed by atoms with E-state index in [1.807, 2.05) is 0 Å². The molecule has 3 nitrogen and oxygen atoms in total. The van der Waals surface area contributed by atoms with Gasteiger partial charge in [-0.05, 0) is 94.7 Å². The molecule has 2 aliphatic rings. The summed E-state index contributed by atoms with van der Waals surface area (Å²) in [5.41, 5.74) is 17.0. The third-order valence-electron chi connectivity index (χ3n) is 12.5. The van der Waals surface area contributed by atoms with Crippen molar-refractivity contribution in [3.05, 3.63) is 120 Å². The molecule has 2 aliphatic heterocycles. The molecule has 258 valence electrons. The van der Waals surface area contributed by atoms with E-state index in [0.717, 1.165) is 11.3 Å². The Morgan fingerprint density at radius 2 is 1.23 bits per heavy atom. The van der Waals surface area contributed by atoms with E-state index in [9.17, 15) is 0 Å². The molecule has 0 fully saturated rings. The SMILES string of the molecule is CC(C)(C)c1ccc2c(c1)-c1cc3c4ccccc4cc4c3c3c1B2c1ccc(C(C)(C)C)c2nc(n4-c4ccc(C(C)(C)C)c5ccccc45)n3c12. The van der Waals surface area contributed by atoms with Crippen LogP contribution in [0.5, 0.6) is 0 Å². The summed E-state index contributed by atoms with van der Waals surface area (Å²) in [5.74, 6) is 0.980. The van der Waals surface area contributed by atoms with Crippen molar-refractivity contribution in [3.63, 3.8) is 0 Å². The number of hydrogen-bond acceptors (Lipinski definition) is 1. The molecule has 0 unspecified atom stereocenters. The summed E-state index contributed by atoms with van der Waals surface area (Å²) in [7, 11) is 0. The quantitative estimate of drug-likeness (QED) is 0.0958. The fraction of sp³-hybridized carbons (Fsp3) is 0.245. The Morgan fingerprint density at radius 1 is 0.547 bits per heavy atom. The predicted molar refractivity (Wildman–Crippen MR) is 228 cm³/mol. The normalized spacial score (nSPS) is 14.1. The molecule has 4 heteroatoms. The first-order valence-corrected chi connectivity index (χ1v) is 19.3. The fourth-order valence-corrected chi connectivity index (χ4v) is 10.0. The highest BCUT2D eigenvalue weighted by Gasteiger charge is 2.43. The molecule has 0 radical (unpaired) electrons. The van der Waals surface area contributed by atoms with Crippen LogP contribution < -0.4 is 16.4 Å². The standard InChI is InChI=1S/C49H44BN3/c1-47(2,3)28-18-21-37-32(25-28)34-26-33-29-15-11-10-14-27(29)24-40-41(33)45-42(34)50(37)38-22-19-36(49(7,8)9)43-44(38)53(45)46(51-43)52(40)39-23-20-35(48(4,5)6)30-16-12-13-17-31(30)39/h10-26H,1-9H3. The molecule has 4 heterocycles. The van der Waals surface area contributed by atoms with E-state index in [1.54, 1.807) is 0 Å². The average Bonchev–Trinajstić information content (AvgIpc) is 3.66. The van der Waals surface area contributed by atoms with Crippen LogP contribution in [0.2, 0.25) is 0 Å². The van der Waals surface area contributed by atoms with Gasteiger partial charge in [0.15, 0.2) is 0 Å². The van der Waals surface area contributed by atoms with Crippen molar-refractivity contribution in [3.8, 4) is 16.8 Å². The Kier molecular flexibility index (Phi) is 5.77. The van der Waals surface area contributed by atoms with Gasteiger partial charge in [-0.3, -0.25) is 8.97 Å². The molecule has 0 saturated carbocycles. The van der Waals surface area contributed by atoms with Crippen LogP contribution >= 0.6 is 0 Å². The van der Waals surface area contributed by atoms with E-state index >= 15 is 0 Å². The Balaban J connectivity index is 1.43. The maximum Gasteiger partial charge on any atom is 0.248 e. The monoisotopic (exact) mass is 685 g/mol. The highest BCUT2D eigenvalue weighted by Crippen LogP contribution is 2.45. The van der Waals surface area contributed by atoms with Crippen LogP contribution in [0.1, 0.15) is 79.0 Å². The van der Waals surface area contributed by atoms with Gasteiger partial charge in [0.1, 0.15) is 0 Å². The van der Waals surface area contributed by atoms with Gasteiger partial charge in [-0.1, -0.05) is 153 Å². The van der Waals surface area contributed by atoms with Crippen LogP contribution in [0.4, 0.5) is 0 Å². The molecule has 0 N–H and O–H groups in total. The summed E-state index contributed by atoms with van der Waals surface area (Å²) in [4.78, 5) is 5.80. The number of benzene rings is 7. The summed E-state index contributed by atoms with van der Waals surface area (Å²) >= 11 is 0. The third-order valence-corrected chi connectivity index (χ3v) is 12.5. The summed E-state index contributed by atoms with van der Waals surface area (Å²) in [5, 5.41) is 7.71. The van der Waals surface area contributed by atoms with Crippen LogP contribution in [0.3, 0.4) is 0 Å². The zero-order valence-electron chi connectivity index (χ0n) is 32.2. The third kappa shape index (κ3) is 3.94. The lowest BCUT2D eigenvalue weighted by Gasteiger charge is -2.27. The highest BCUT2D eigenvalue weighted by molar-refractivity contribution is 7.02. The van der Waals surface area contributed by atoms with E-state index in [1.165, 1.54) is 98.8 Å². The average molecular weight is 686 g/mol. The van der Waals surface area contributed by atoms with E-state index < -0.39 is 0 Å². The molecule has 53 heavy (non-hydrogen) atoms. The van der Waals surface area contributed by atoms with E-state index in [-0.39, 0.29) is 23.0 Å². The predicted octanol–water partition coefficient (Wildman–Crippen LogP) is 10.6. The number of hydrogen-bond donors (Lipinski definition) is 0. The van der Waals surface area contributed by atoms with Crippen molar-refractivity contribution in [2.24, 2.45) is 0 Å². The molecular formula is C49H44BN3. The van der Waals surface area contributed by atoms with Crippen molar-refractivity contribution < 1.29 is 0 Å². The van der Waals surface area contributed by atoms with Crippen LogP contribution in [-0.4, -0.2) is 20.7 Å². The molecular weight excluding hydrogens is 641 g/mol. The summed E-state index contributed by atoms with van der Waals surface area (Å²) in [6.07, 6.45) is 0. The molecule has 2 aromatic heterocycles. The van der Waals surface area contributed by atoms with Gasteiger partial charge < -0.3 is 0 Å². The number of imidazole rings is 1. The van der Waals surface area contributed by atoms with Crippen molar-refractivity contribution in [2.75, 3.05) is 0 Å². The molecule has 7 aromatic carbocycles. The van der Waals surface area contributed by atoms with Gasteiger partial charge in [0, 0.05) is 10.8 Å². The van der Waals surface area contributed by atoms with Crippen LogP contribution in [0, 0.1) is 0 Å². The van der Waals surface area contributed by atoms with Crippen molar-refractivity contribution >= 4 is 83.3 Å². The smallest absolute Gasteiger partial charge is 0.248 e. The molecule has 0 amide bonds. The largest absolute Gasteiger partial charge is 0.279 e. The topological polar surface area (TPSA) is 22.2 Å². The molecule has 0 saturated heterocycles. The number of aromatic nitrogens is 3. The minimum absolute atomic E-state index is 0.00473. The maximum absolute atomic E-state index is 5.80. The summed E-state index contributed by atoms with van der Waals surface area (Å²) in [6, 6.07) is 39.8. The molecule has 11 rings (SSSR count). The van der Waals surface area contributed by atoms with Gasteiger partial charge in [-0.25, -0.2) is 4.98 Å². The Morgan fingerprint density at radius 3 is 1.96 bits per heavy atom. The first-order chi connectivity index (χ1) is 25.2. The minimum atomic E-state index is -0.0803. The second kappa shape index (κ2) is 9.79. The van der Waals surface area contributed by atoms with Crippen molar-refractivity contribution in [2.45, 2.75) is 78.6 Å². The molecule has 0 atom stereocenters. The van der Waals surface area contributed by atoms with Gasteiger partial charge in [0.25, 0.3) is 0 Å². The lowest BCUT2D eigenvalue weighted by Crippen LogP contribution is -2.52. The maximum atomic E-state index is 5.80. The lowest BCUT2D eigenvalue weighted by molar-refractivity contribution is 0.590. The Hall–Kier alpha value is -5.35. The fourth-order valence-electron chi connectivity index (χ4n) is 10.0. The van der Waals surface area contributed by atoms with Crippen LogP contribution in [0.25, 0.3) is 77.0 Å². The van der Waals surface area contributed by atoms with Crippen LogP contribution in [-0.2, 0) is 16.2 Å². The van der Waals surface area contributed by atoms with Gasteiger partial charge in [0.2, 0.25) is 12.5 Å². The Bertz CT molecular complexity index is 3110. The molecule has 0 spiro atoms. The first kappa shape index (κ1) is 31.2. The molecule has 0 aliphatic carbocycles. The summed E-state index contributed by atoms with van der Waals surface area (Å²) in [6.45, 7) is 21.1. The van der Waals surface area contributed by atoms with E-state index in [0.29, 0.717) is 0 Å². The minimum Gasteiger partial charge on any atom is -0.279 e. The molecule has 0 bridgehead atoms. The zero-order chi connectivity index (χ0) is 36.5. The highest BCUT2D eigenvalue weighted by atomic mass is 15.2. The first-order valence-electron chi connectivity index (χ1n) is 19.3. The summed E-state index contributed by atoms with van der Waals surface area (Å²) < 4.78 is 5.07. The van der Waals surface area contributed by atoms with Crippen molar-refractivity contribution in [1.29, 1.82) is 0 Å². The molecule has 9 aromatic rings. The number of nitrogens with zero attached hydrogens (tertiary/aromatic N) is 3. The van der Waals surface area contributed by atoms with Gasteiger partial charge in [0.05, 0.1) is 27.8 Å². The zero-order valence-corrected chi connectivity index (χ0v) is 32.2. The van der Waals surface area contributed by atoms with Crippen LogP contribution in [0.15, 0.2) is 103 Å². The Labute approximate surface area is 311 Å². The second-order valence-electron chi connectivity index (χ2n) is 18.9. The lowest BCUT2D eigenvalue weighted by atomic mass is 9.37. The second-order valence-corrected chi connectivity index (χ2v) is 18.9. The van der Waals surface area contributed by atoms with Gasteiger partial charge in [-0.15, -0.1) is 0 Å². The number of fused-ring (bicyclic) bond motifs is 7. The number of rotatable bonds is 1. The van der Waals surface area contributed by atoms with Gasteiger partial charge in [-0.2, -0.15) is 0 Å².